The fraction of sp³-hybridized carbons (Fsp3) is 0.903. The molecule has 1 aliphatic heterocycles. The first-order chi connectivity index (χ1) is 16.4. The highest BCUT2D eigenvalue weighted by Gasteiger charge is 2.46. The monoisotopic (exact) mass is 538 g/mol. The Bertz CT molecular complexity index is 770. The summed E-state index contributed by atoms with van der Waals surface area (Å²) in [5.74, 6) is 1.78. The zero-order chi connectivity index (χ0) is 29.2. The van der Waals surface area contributed by atoms with Crippen molar-refractivity contribution in [2.75, 3.05) is 31.9 Å². The van der Waals surface area contributed by atoms with Gasteiger partial charge in [-0.3, -0.25) is 24.2 Å². The number of piperidine rings is 1. The van der Waals surface area contributed by atoms with Crippen LogP contribution >= 0.6 is 11.8 Å². The summed E-state index contributed by atoms with van der Waals surface area (Å²) < 4.78 is -0.456. The maximum Gasteiger partial charge on any atom is 0.156 e. The Morgan fingerprint density at radius 1 is 0.730 bits per heavy atom. The average Bonchev–Trinajstić information content (AvgIpc) is 2.69. The van der Waals surface area contributed by atoms with Crippen molar-refractivity contribution in [3.8, 4) is 0 Å². The minimum absolute atomic E-state index is 0.0521. The van der Waals surface area contributed by atoms with Crippen LogP contribution in [0.1, 0.15) is 110 Å². The lowest BCUT2D eigenvalue weighted by molar-refractivity contribution is -0.138. The van der Waals surface area contributed by atoms with Crippen LogP contribution in [0.5, 0.6) is 0 Å². The maximum absolute atomic E-state index is 14.0. The lowest BCUT2D eigenvalue weighted by Gasteiger charge is -2.45. The first kappa shape index (κ1) is 34.3. The van der Waals surface area contributed by atoms with Crippen LogP contribution in [0, 0.1) is 22.2 Å². The van der Waals surface area contributed by atoms with E-state index in [1.54, 1.807) is 0 Å². The van der Waals surface area contributed by atoms with Crippen molar-refractivity contribution in [3.63, 3.8) is 0 Å². The number of nitrogens with zero attached hydrogens (tertiary/aromatic N) is 2. The van der Waals surface area contributed by atoms with E-state index in [1.807, 2.05) is 79.0 Å². The Morgan fingerprint density at radius 3 is 1.46 bits per heavy atom. The minimum Gasteiger partial charge on any atom is -0.298 e. The van der Waals surface area contributed by atoms with Crippen LogP contribution in [-0.4, -0.2) is 75.4 Å². The molecule has 6 heteroatoms. The molecule has 0 N–H and O–H groups in total. The molecule has 0 spiro atoms. The molecule has 37 heavy (non-hydrogen) atoms. The van der Waals surface area contributed by atoms with E-state index in [2.05, 4.69) is 39.5 Å². The Morgan fingerprint density at radius 2 is 1.14 bits per heavy atom. The second kappa shape index (κ2) is 12.2. The third kappa shape index (κ3) is 10.4. The van der Waals surface area contributed by atoms with Crippen LogP contribution in [0.25, 0.3) is 0 Å². The number of thioether (sulfide) groups is 1. The number of hydrogen-bond acceptors (Lipinski definition) is 6. The zero-order valence-corrected chi connectivity index (χ0v) is 27.4. The first-order valence-electron chi connectivity index (χ1n) is 14.1. The van der Waals surface area contributed by atoms with E-state index in [9.17, 15) is 14.4 Å². The van der Waals surface area contributed by atoms with Gasteiger partial charge in [-0.2, -0.15) is 11.8 Å². The van der Waals surface area contributed by atoms with Gasteiger partial charge in [-0.05, 0) is 72.2 Å². The van der Waals surface area contributed by atoms with Crippen molar-refractivity contribution < 1.29 is 14.4 Å². The molecule has 0 aromatic rings. The quantitative estimate of drug-likeness (QED) is 0.315. The van der Waals surface area contributed by atoms with Gasteiger partial charge in [-0.1, -0.05) is 62.3 Å². The van der Waals surface area contributed by atoms with Crippen LogP contribution in [0.2, 0.25) is 0 Å². The number of ketones is 3. The van der Waals surface area contributed by atoms with Gasteiger partial charge >= 0.3 is 0 Å². The van der Waals surface area contributed by atoms with Gasteiger partial charge in [0.15, 0.2) is 17.3 Å². The molecule has 216 valence electrons. The van der Waals surface area contributed by atoms with Gasteiger partial charge in [0.25, 0.3) is 0 Å². The fourth-order valence-electron chi connectivity index (χ4n) is 4.60. The molecule has 0 aromatic carbocycles. The van der Waals surface area contributed by atoms with Crippen molar-refractivity contribution in [1.29, 1.82) is 0 Å². The molecule has 0 amide bonds. The Labute approximate surface area is 233 Å². The van der Waals surface area contributed by atoms with Crippen LogP contribution in [0.3, 0.4) is 0 Å². The van der Waals surface area contributed by atoms with Crippen molar-refractivity contribution in [2.24, 2.45) is 22.2 Å². The molecular weight excluding hydrogens is 480 g/mol. The number of hydrogen-bond donors (Lipinski definition) is 0. The minimum atomic E-state index is -0.589. The normalized spacial score (nSPS) is 18.2. The van der Waals surface area contributed by atoms with E-state index in [0.29, 0.717) is 5.92 Å². The van der Waals surface area contributed by atoms with Gasteiger partial charge in [-0.25, -0.2) is 0 Å². The van der Waals surface area contributed by atoms with E-state index in [4.69, 9.17) is 0 Å². The summed E-state index contributed by atoms with van der Waals surface area (Å²) in [5.41, 5.74) is -1.48. The molecule has 1 fully saturated rings. The summed E-state index contributed by atoms with van der Waals surface area (Å²) in [7, 11) is 0. The van der Waals surface area contributed by atoms with Gasteiger partial charge in [0.05, 0.1) is 19.1 Å². The van der Waals surface area contributed by atoms with Gasteiger partial charge in [0, 0.05) is 26.5 Å². The highest BCUT2D eigenvalue weighted by molar-refractivity contribution is 8.00. The van der Waals surface area contributed by atoms with E-state index in [-0.39, 0.29) is 36.0 Å². The summed E-state index contributed by atoms with van der Waals surface area (Å²) in [4.78, 5) is 45.0. The maximum atomic E-state index is 14.0. The van der Waals surface area contributed by atoms with Crippen molar-refractivity contribution >= 4 is 29.1 Å². The van der Waals surface area contributed by atoms with Crippen LogP contribution in [0.4, 0.5) is 0 Å². The van der Waals surface area contributed by atoms with Gasteiger partial charge in [0.1, 0.15) is 0 Å². The Balaban J connectivity index is 3.28. The number of Topliss-reactive ketones (excluding diaryl/α,β-unsaturated/α-hetero) is 3. The summed E-state index contributed by atoms with van der Waals surface area (Å²) in [6, 6.07) is -0.537. The molecule has 1 saturated heterocycles. The molecule has 0 saturated carbocycles. The predicted molar refractivity (Wildman–Crippen MR) is 159 cm³/mol. The highest BCUT2D eigenvalue weighted by atomic mass is 32.2. The second-order valence-corrected chi connectivity index (χ2v) is 17.5. The summed E-state index contributed by atoms with van der Waals surface area (Å²) in [6.45, 7) is 30.8. The first-order valence-corrected chi connectivity index (χ1v) is 15.1. The molecule has 0 bridgehead atoms. The third-order valence-electron chi connectivity index (χ3n) is 7.63. The Kier molecular flexibility index (Phi) is 11.3. The number of carbonyl (C=O) groups is 3. The molecule has 1 aliphatic rings. The van der Waals surface area contributed by atoms with E-state index in [1.165, 1.54) is 0 Å². The molecular formula is C31H58N2O3S. The lowest BCUT2D eigenvalue weighted by Crippen LogP contribution is -2.59. The van der Waals surface area contributed by atoms with Gasteiger partial charge in [-0.15, -0.1) is 0 Å². The largest absolute Gasteiger partial charge is 0.298 e. The molecule has 0 aliphatic carbocycles. The molecule has 0 radical (unpaired) electrons. The van der Waals surface area contributed by atoms with Gasteiger partial charge in [0.2, 0.25) is 0 Å². The van der Waals surface area contributed by atoms with Crippen LogP contribution in [-0.2, 0) is 14.4 Å². The van der Waals surface area contributed by atoms with E-state index >= 15 is 0 Å². The second-order valence-electron chi connectivity index (χ2n) is 15.8. The van der Waals surface area contributed by atoms with E-state index in [0.717, 1.165) is 31.7 Å². The molecule has 5 nitrogen and oxygen atoms in total. The third-order valence-corrected chi connectivity index (χ3v) is 9.24. The topological polar surface area (TPSA) is 57.7 Å². The zero-order valence-electron chi connectivity index (χ0n) is 26.6. The number of likely N-dealkylation sites (tertiary alicyclic amines) is 1. The highest BCUT2D eigenvalue weighted by Crippen LogP contribution is 2.39. The summed E-state index contributed by atoms with van der Waals surface area (Å²) in [6.07, 6.45) is 2.32. The van der Waals surface area contributed by atoms with Gasteiger partial charge < -0.3 is 0 Å². The van der Waals surface area contributed by atoms with Crippen LogP contribution in [0.15, 0.2) is 0 Å². The van der Waals surface area contributed by atoms with Crippen molar-refractivity contribution in [2.45, 2.75) is 126 Å². The average molecular weight is 539 g/mol. The van der Waals surface area contributed by atoms with Crippen molar-refractivity contribution in [1.82, 2.24) is 9.80 Å². The molecule has 1 heterocycles. The molecule has 1 rings (SSSR count). The fourth-order valence-corrected chi connectivity index (χ4v) is 6.01. The lowest BCUT2D eigenvalue weighted by atomic mass is 9.80. The molecule has 1 atom stereocenters. The summed E-state index contributed by atoms with van der Waals surface area (Å²) >= 11 is 1.84. The van der Waals surface area contributed by atoms with Crippen LogP contribution < -0.4 is 0 Å². The smallest absolute Gasteiger partial charge is 0.156 e. The predicted octanol–water partition coefficient (Wildman–Crippen LogP) is 6.52. The Hall–Kier alpha value is -0.720. The van der Waals surface area contributed by atoms with E-state index < -0.39 is 27.0 Å². The summed E-state index contributed by atoms with van der Waals surface area (Å²) in [5, 5.41) is 0. The molecule has 0 aromatic heterocycles. The number of rotatable bonds is 10. The van der Waals surface area contributed by atoms with Crippen molar-refractivity contribution in [3.05, 3.63) is 0 Å². The standard InChI is InChI=1S/C31H58N2O3S/c1-27(2,3)23(34)19-32(20-24(35)28(4,5)6)25(26(36)29(7,8)9)31(13,14)37-21-22-15-17-33(18-16-22)30(10,11)12/h22,25H,15-21H2,1-14H3. The number of carbonyl (C=O) groups excluding carboxylic acids is 3. The molecule has 1 unspecified atom stereocenters. The SMILES string of the molecule is CC(C)(C)C(=O)CN(CC(=O)C(C)(C)C)C(C(=O)C(C)(C)C)C(C)(C)SCC1CCN(C(C)(C)C)CC1.